The highest BCUT2D eigenvalue weighted by atomic mass is 16.4. The van der Waals surface area contributed by atoms with E-state index in [4.69, 9.17) is 10.2 Å². The summed E-state index contributed by atoms with van der Waals surface area (Å²) in [6, 6.07) is -0.267. The van der Waals surface area contributed by atoms with Gasteiger partial charge in [0.25, 0.3) is 0 Å². The molecule has 1 rings (SSSR count). The molecular formula is C10H17NO4. The molecule has 0 bridgehead atoms. The van der Waals surface area contributed by atoms with Crippen molar-refractivity contribution < 1.29 is 20.1 Å². The Morgan fingerprint density at radius 1 is 1.47 bits per heavy atom. The first-order valence-corrected chi connectivity index (χ1v) is 5.08. The second kappa shape index (κ2) is 5.72. The summed E-state index contributed by atoms with van der Waals surface area (Å²) >= 11 is 0. The Balaban J connectivity index is 2.63. The quantitative estimate of drug-likeness (QED) is 0.500. The Hall–Kier alpha value is -1.07. The molecule has 5 nitrogen and oxygen atoms in total. The maximum atomic E-state index is 10.5. The summed E-state index contributed by atoms with van der Waals surface area (Å²) in [5, 5.41) is 29.5. The zero-order valence-electron chi connectivity index (χ0n) is 8.47. The highest BCUT2D eigenvalue weighted by Gasteiger charge is 2.23. The molecule has 0 aromatic heterocycles. The van der Waals surface area contributed by atoms with Crippen molar-refractivity contribution in [2.24, 2.45) is 5.92 Å². The van der Waals surface area contributed by atoms with Gasteiger partial charge in [-0.05, 0) is 19.3 Å². The van der Waals surface area contributed by atoms with Gasteiger partial charge in [-0.3, -0.25) is 0 Å². The molecule has 0 saturated heterocycles. The Labute approximate surface area is 88.4 Å². The molecule has 0 radical (unpaired) electrons. The van der Waals surface area contributed by atoms with E-state index in [-0.39, 0.29) is 18.6 Å². The lowest BCUT2D eigenvalue weighted by atomic mass is 9.89. The average Bonchev–Trinajstić information content (AvgIpc) is 2.14. The van der Waals surface area contributed by atoms with Gasteiger partial charge >= 0.3 is 6.09 Å². The predicted octanol–water partition coefficient (Wildman–Crippen LogP) is 0.332. The minimum Gasteiger partial charge on any atom is -0.465 e. The molecule has 0 aliphatic heterocycles. The molecule has 0 saturated carbocycles. The van der Waals surface area contributed by atoms with Gasteiger partial charge in [0.05, 0.1) is 6.10 Å². The van der Waals surface area contributed by atoms with Gasteiger partial charge in [0.15, 0.2) is 0 Å². The van der Waals surface area contributed by atoms with Crippen LogP contribution >= 0.6 is 0 Å². The van der Waals surface area contributed by atoms with E-state index < -0.39 is 12.2 Å². The smallest absolute Gasteiger partial charge is 0.404 e. The van der Waals surface area contributed by atoms with Crippen molar-refractivity contribution in [2.45, 2.75) is 31.4 Å². The second-order valence-electron chi connectivity index (χ2n) is 3.81. The third-order valence-corrected chi connectivity index (χ3v) is 2.69. The van der Waals surface area contributed by atoms with Crippen LogP contribution in [0.15, 0.2) is 12.2 Å². The zero-order chi connectivity index (χ0) is 11.3. The summed E-state index contributed by atoms with van der Waals surface area (Å²) in [7, 11) is 0. The molecular weight excluding hydrogens is 198 g/mol. The van der Waals surface area contributed by atoms with Crippen molar-refractivity contribution in [1.29, 1.82) is 0 Å². The van der Waals surface area contributed by atoms with E-state index in [9.17, 15) is 9.90 Å². The molecule has 1 aliphatic carbocycles. The number of hydrogen-bond acceptors (Lipinski definition) is 3. The molecule has 4 N–H and O–H groups in total. The highest BCUT2D eigenvalue weighted by Crippen LogP contribution is 2.19. The lowest BCUT2D eigenvalue weighted by Gasteiger charge is -2.26. The molecule has 0 aromatic rings. The summed E-state index contributed by atoms with van der Waals surface area (Å²) in [6.45, 7) is -0.0640. The van der Waals surface area contributed by atoms with Gasteiger partial charge in [0, 0.05) is 18.6 Å². The van der Waals surface area contributed by atoms with Crippen LogP contribution in [0.3, 0.4) is 0 Å². The largest absolute Gasteiger partial charge is 0.465 e. The number of aliphatic hydroxyl groups excluding tert-OH is 2. The van der Waals surface area contributed by atoms with E-state index in [1.807, 2.05) is 0 Å². The van der Waals surface area contributed by atoms with Crippen LogP contribution in [0, 0.1) is 5.92 Å². The maximum Gasteiger partial charge on any atom is 0.404 e. The molecule has 5 heteroatoms. The van der Waals surface area contributed by atoms with Crippen LogP contribution in [-0.2, 0) is 0 Å². The number of hydrogen-bond donors (Lipinski definition) is 4. The fourth-order valence-corrected chi connectivity index (χ4v) is 1.81. The molecule has 15 heavy (non-hydrogen) atoms. The van der Waals surface area contributed by atoms with Crippen LogP contribution in [0.1, 0.15) is 19.3 Å². The van der Waals surface area contributed by atoms with Crippen LogP contribution in [0.4, 0.5) is 4.79 Å². The van der Waals surface area contributed by atoms with E-state index >= 15 is 0 Å². The molecule has 1 aliphatic rings. The molecule has 0 spiro atoms. The lowest BCUT2D eigenvalue weighted by molar-refractivity contribution is 0.138. The fraction of sp³-hybridized carbons (Fsp3) is 0.700. The van der Waals surface area contributed by atoms with Crippen LogP contribution < -0.4 is 5.32 Å². The number of carboxylic acid groups (broad SMARTS) is 1. The number of aliphatic hydroxyl groups is 2. The Kier molecular flexibility index (Phi) is 4.58. The Bertz CT molecular complexity index is 242. The van der Waals surface area contributed by atoms with Crippen LogP contribution in [0.2, 0.25) is 0 Å². The summed E-state index contributed by atoms with van der Waals surface area (Å²) in [5.41, 5.74) is 0. The summed E-state index contributed by atoms with van der Waals surface area (Å²) < 4.78 is 0. The van der Waals surface area contributed by atoms with E-state index in [1.165, 1.54) is 0 Å². The van der Waals surface area contributed by atoms with Crippen molar-refractivity contribution in [3.05, 3.63) is 12.2 Å². The van der Waals surface area contributed by atoms with Crippen LogP contribution in [-0.4, -0.2) is 40.2 Å². The van der Waals surface area contributed by atoms with Gasteiger partial charge in [-0.2, -0.15) is 0 Å². The van der Waals surface area contributed by atoms with Crippen LogP contribution in [0.25, 0.3) is 0 Å². The van der Waals surface area contributed by atoms with E-state index in [0.717, 1.165) is 0 Å². The number of nitrogens with one attached hydrogen (secondary N) is 1. The molecule has 3 atom stereocenters. The van der Waals surface area contributed by atoms with Crippen LogP contribution in [0.5, 0.6) is 0 Å². The minimum atomic E-state index is -1.08. The van der Waals surface area contributed by atoms with Gasteiger partial charge < -0.3 is 20.6 Å². The molecule has 0 aromatic carbocycles. The van der Waals surface area contributed by atoms with E-state index in [1.54, 1.807) is 12.2 Å². The first-order chi connectivity index (χ1) is 7.13. The number of rotatable bonds is 2. The SMILES string of the molecule is O=C(O)N[C@H]1C/C=C\[C@H](O)CC[C@H]1CO. The lowest BCUT2D eigenvalue weighted by Crippen LogP contribution is -2.41. The highest BCUT2D eigenvalue weighted by molar-refractivity contribution is 5.64. The van der Waals surface area contributed by atoms with Gasteiger partial charge in [-0.25, -0.2) is 4.79 Å². The van der Waals surface area contributed by atoms with Gasteiger partial charge in [-0.15, -0.1) is 0 Å². The van der Waals surface area contributed by atoms with E-state index in [0.29, 0.717) is 19.3 Å². The number of carbonyl (C=O) groups is 1. The van der Waals surface area contributed by atoms with Crippen molar-refractivity contribution >= 4 is 6.09 Å². The second-order valence-corrected chi connectivity index (χ2v) is 3.81. The summed E-state index contributed by atoms with van der Waals surface area (Å²) in [5.74, 6) is -0.124. The Morgan fingerprint density at radius 3 is 2.80 bits per heavy atom. The average molecular weight is 215 g/mol. The van der Waals surface area contributed by atoms with E-state index in [2.05, 4.69) is 5.32 Å². The normalized spacial score (nSPS) is 33.9. The third-order valence-electron chi connectivity index (χ3n) is 2.69. The first kappa shape index (κ1) is 12.0. The van der Waals surface area contributed by atoms with Crippen molar-refractivity contribution in [3.8, 4) is 0 Å². The molecule has 86 valence electrons. The minimum absolute atomic E-state index is 0.0640. The monoisotopic (exact) mass is 215 g/mol. The van der Waals surface area contributed by atoms with Crippen molar-refractivity contribution in [2.75, 3.05) is 6.61 Å². The molecule has 0 unspecified atom stereocenters. The van der Waals surface area contributed by atoms with Gasteiger partial charge in [0.2, 0.25) is 0 Å². The van der Waals surface area contributed by atoms with Gasteiger partial charge in [0.1, 0.15) is 0 Å². The fourth-order valence-electron chi connectivity index (χ4n) is 1.81. The summed E-state index contributed by atoms with van der Waals surface area (Å²) in [6.07, 6.45) is 3.55. The zero-order valence-corrected chi connectivity index (χ0v) is 8.47. The third kappa shape index (κ3) is 3.89. The summed E-state index contributed by atoms with van der Waals surface area (Å²) in [4.78, 5) is 10.5. The van der Waals surface area contributed by atoms with Crippen molar-refractivity contribution in [3.63, 3.8) is 0 Å². The Morgan fingerprint density at radius 2 is 2.20 bits per heavy atom. The maximum absolute atomic E-state index is 10.5. The van der Waals surface area contributed by atoms with Crippen molar-refractivity contribution in [1.82, 2.24) is 5.32 Å². The molecule has 0 fully saturated rings. The standard InChI is InChI=1S/C10H17NO4/c12-6-7-4-5-8(13)2-1-3-9(7)11-10(14)15/h1-2,7-9,11-13H,3-6H2,(H,14,15)/b2-1-/t7-,8-,9-/m0/s1. The molecule has 0 heterocycles. The molecule has 1 amide bonds. The van der Waals surface area contributed by atoms with Gasteiger partial charge in [-0.1, -0.05) is 12.2 Å². The topological polar surface area (TPSA) is 89.8 Å². The number of amides is 1. The predicted molar refractivity (Wildman–Crippen MR) is 54.5 cm³/mol. The first-order valence-electron chi connectivity index (χ1n) is 5.08.